The maximum Gasteiger partial charge on any atom is 0.309 e. The quantitative estimate of drug-likeness (QED) is 0.265. The van der Waals surface area contributed by atoms with E-state index in [1.54, 1.807) is 0 Å². The lowest BCUT2D eigenvalue weighted by Crippen LogP contribution is -1.93. The molecule has 0 aliphatic rings. The van der Waals surface area contributed by atoms with Crippen molar-refractivity contribution in [2.75, 3.05) is 0 Å². The highest BCUT2D eigenvalue weighted by atomic mass is 16.4. The Morgan fingerprint density at radius 3 is 2.13 bits per heavy atom. The van der Waals surface area contributed by atoms with Gasteiger partial charge in [0.15, 0.2) is 5.58 Å². The summed E-state index contributed by atoms with van der Waals surface area (Å²) in [6, 6.07) is 40.4. The fourth-order valence-corrected chi connectivity index (χ4v) is 5.99. The molecule has 0 amide bonds. The van der Waals surface area contributed by atoms with Gasteiger partial charge in [0, 0.05) is 27.4 Å². The summed E-state index contributed by atoms with van der Waals surface area (Å²) in [5.41, 5.74) is 10.5. The van der Waals surface area contributed by atoms with Crippen LogP contribution in [0.3, 0.4) is 0 Å². The summed E-state index contributed by atoms with van der Waals surface area (Å²) in [5.74, 6) is 0.593. The Bertz CT molecular complexity index is 2290. The predicted molar refractivity (Wildman–Crippen MR) is 154 cm³/mol. The molecule has 0 aliphatic heterocycles. The molecule has 5 heteroatoms. The van der Waals surface area contributed by atoms with Gasteiger partial charge in [-0.05, 0) is 53.6 Å². The van der Waals surface area contributed by atoms with Gasteiger partial charge in [-0.1, -0.05) is 72.8 Å². The summed E-state index contributed by atoms with van der Waals surface area (Å²) in [5, 5.41) is 3.58. The fraction of sp³-hybridized carbons (Fsp3) is 0. The minimum Gasteiger partial charge on any atom is -0.423 e. The molecule has 1 N–H and O–H groups in total. The SMILES string of the molecule is c1ccc(-c2ccc3c(c2)oc2nc4c5cc(-n6c7ccccc7c7ccccc76)ccc5[nH]c4n23)cc1. The number of nitrogens with zero attached hydrogens (tertiary/aromatic N) is 3. The molecule has 4 aromatic heterocycles. The molecule has 0 saturated heterocycles. The first-order chi connectivity index (χ1) is 18.8. The van der Waals surface area contributed by atoms with Gasteiger partial charge in [-0.2, -0.15) is 4.98 Å². The zero-order valence-electron chi connectivity index (χ0n) is 20.2. The smallest absolute Gasteiger partial charge is 0.309 e. The van der Waals surface area contributed by atoms with E-state index < -0.39 is 0 Å². The fourth-order valence-electron chi connectivity index (χ4n) is 5.99. The van der Waals surface area contributed by atoms with Crippen LogP contribution in [-0.4, -0.2) is 18.9 Å². The number of benzene rings is 5. The summed E-state index contributed by atoms with van der Waals surface area (Å²) in [6.45, 7) is 0. The molecule has 0 atom stereocenters. The third-order valence-corrected chi connectivity index (χ3v) is 7.71. The minimum absolute atomic E-state index is 0.593. The zero-order valence-corrected chi connectivity index (χ0v) is 20.2. The van der Waals surface area contributed by atoms with E-state index in [0.717, 1.165) is 50.0 Å². The van der Waals surface area contributed by atoms with E-state index >= 15 is 0 Å². The normalized spacial score (nSPS) is 12.2. The second kappa shape index (κ2) is 7.14. The van der Waals surface area contributed by atoms with Gasteiger partial charge in [0.1, 0.15) is 11.2 Å². The average molecular weight is 489 g/mol. The number of fused-ring (bicyclic) bond motifs is 10. The van der Waals surface area contributed by atoms with Crippen molar-refractivity contribution in [3.05, 3.63) is 115 Å². The van der Waals surface area contributed by atoms with Crippen LogP contribution in [0.25, 0.3) is 77.6 Å². The van der Waals surface area contributed by atoms with E-state index in [2.05, 4.69) is 123 Å². The zero-order chi connectivity index (χ0) is 24.8. The van der Waals surface area contributed by atoms with Gasteiger partial charge >= 0.3 is 5.84 Å². The predicted octanol–water partition coefficient (Wildman–Crippen LogP) is 8.48. The summed E-state index contributed by atoms with van der Waals surface area (Å²) >= 11 is 0. The van der Waals surface area contributed by atoms with Crippen LogP contribution >= 0.6 is 0 Å². The lowest BCUT2D eigenvalue weighted by atomic mass is 10.1. The van der Waals surface area contributed by atoms with Crippen LogP contribution in [0.2, 0.25) is 0 Å². The van der Waals surface area contributed by atoms with E-state index in [9.17, 15) is 0 Å². The van der Waals surface area contributed by atoms with E-state index in [-0.39, 0.29) is 0 Å². The summed E-state index contributed by atoms with van der Waals surface area (Å²) in [4.78, 5) is 8.55. The van der Waals surface area contributed by atoms with Crippen LogP contribution < -0.4 is 0 Å². The van der Waals surface area contributed by atoms with E-state index in [4.69, 9.17) is 9.40 Å². The van der Waals surface area contributed by atoms with Crippen LogP contribution in [0.1, 0.15) is 0 Å². The molecule has 0 fully saturated rings. The molecule has 0 unspecified atom stereocenters. The largest absolute Gasteiger partial charge is 0.423 e. The van der Waals surface area contributed by atoms with Crippen molar-refractivity contribution in [1.82, 2.24) is 18.9 Å². The molecular weight excluding hydrogens is 468 g/mol. The lowest BCUT2D eigenvalue weighted by Gasteiger charge is -2.08. The van der Waals surface area contributed by atoms with Gasteiger partial charge < -0.3 is 14.0 Å². The Balaban J connectivity index is 1.27. The Labute approximate surface area is 216 Å². The van der Waals surface area contributed by atoms with E-state index in [1.165, 1.54) is 21.8 Å². The van der Waals surface area contributed by atoms with Crippen LogP contribution in [0.4, 0.5) is 0 Å². The first-order valence-electron chi connectivity index (χ1n) is 12.7. The highest BCUT2D eigenvalue weighted by molar-refractivity contribution is 6.11. The van der Waals surface area contributed by atoms with Crippen molar-refractivity contribution in [2.24, 2.45) is 0 Å². The Morgan fingerprint density at radius 2 is 1.34 bits per heavy atom. The summed E-state index contributed by atoms with van der Waals surface area (Å²) < 4.78 is 10.7. The van der Waals surface area contributed by atoms with E-state index in [0.29, 0.717) is 5.84 Å². The minimum atomic E-state index is 0.593. The number of aromatic amines is 1. The second-order valence-corrected chi connectivity index (χ2v) is 9.80. The van der Waals surface area contributed by atoms with Crippen LogP contribution in [0, 0.1) is 0 Å². The topological polar surface area (TPSA) is 51.2 Å². The molecule has 5 aromatic carbocycles. The highest BCUT2D eigenvalue weighted by Crippen LogP contribution is 2.36. The van der Waals surface area contributed by atoms with Crippen molar-refractivity contribution in [2.45, 2.75) is 0 Å². The third-order valence-electron chi connectivity index (χ3n) is 7.71. The molecule has 38 heavy (non-hydrogen) atoms. The monoisotopic (exact) mass is 488 g/mol. The van der Waals surface area contributed by atoms with Gasteiger partial charge in [-0.15, -0.1) is 0 Å². The molecule has 178 valence electrons. The number of para-hydroxylation sites is 2. The first-order valence-corrected chi connectivity index (χ1v) is 12.7. The number of aromatic nitrogens is 4. The van der Waals surface area contributed by atoms with Crippen molar-refractivity contribution in [3.63, 3.8) is 0 Å². The van der Waals surface area contributed by atoms with Crippen LogP contribution in [0.15, 0.2) is 120 Å². The first kappa shape index (κ1) is 19.8. The van der Waals surface area contributed by atoms with E-state index in [1.807, 2.05) is 6.07 Å². The molecule has 5 nitrogen and oxygen atoms in total. The molecule has 0 aliphatic carbocycles. The number of imidazole rings is 1. The Morgan fingerprint density at radius 1 is 0.605 bits per heavy atom. The molecule has 0 spiro atoms. The molecule has 9 aromatic rings. The van der Waals surface area contributed by atoms with Gasteiger partial charge in [-0.3, -0.25) is 0 Å². The molecule has 9 rings (SSSR count). The molecule has 0 bridgehead atoms. The average Bonchev–Trinajstić information content (AvgIpc) is 3.69. The summed E-state index contributed by atoms with van der Waals surface area (Å²) in [6.07, 6.45) is 0. The highest BCUT2D eigenvalue weighted by Gasteiger charge is 2.19. The van der Waals surface area contributed by atoms with Gasteiger partial charge in [0.2, 0.25) is 0 Å². The van der Waals surface area contributed by atoms with Crippen LogP contribution in [0.5, 0.6) is 0 Å². The van der Waals surface area contributed by atoms with Crippen molar-refractivity contribution >= 4 is 60.8 Å². The number of oxazole rings is 1. The third kappa shape index (κ3) is 2.57. The van der Waals surface area contributed by atoms with Gasteiger partial charge in [0.05, 0.1) is 16.6 Å². The molecule has 0 radical (unpaired) electrons. The number of hydrogen-bond acceptors (Lipinski definition) is 2. The van der Waals surface area contributed by atoms with Crippen molar-refractivity contribution in [1.29, 1.82) is 0 Å². The number of nitrogens with one attached hydrogen (secondary N) is 1. The second-order valence-electron chi connectivity index (χ2n) is 9.80. The van der Waals surface area contributed by atoms with Gasteiger partial charge in [0.25, 0.3) is 0 Å². The van der Waals surface area contributed by atoms with Crippen LogP contribution in [-0.2, 0) is 0 Å². The summed E-state index contributed by atoms with van der Waals surface area (Å²) in [7, 11) is 0. The number of hydrogen-bond donors (Lipinski definition) is 1. The lowest BCUT2D eigenvalue weighted by molar-refractivity contribution is 0.643. The molecular formula is C33H20N4O. The maximum atomic E-state index is 6.25. The molecule has 4 heterocycles. The van der Waals surface area contributed by atoms with Crippen molar-refractivity contribution in [3.8, 4) is 16.8 Å². The number of rotatable bonds is 2. The molecule has 0 saturated carbocycles. The number of H-pyrrole nitrogens is 1. The Kier molecular flexibility index (Phi) is 3.73. The maximum absolute atomic E-state index is 6.25. The Hall–Kier alpha value is -5.29. The van der Waals surface area contributed by atoms with Gasteiger partial charge in [-0.25, -0.2) is 4.40 Å². The standard InChI is InChI=1S/C33H20N4O/c1-2-8-20(9-3-1)21-14-17-29-30(18-21)38-33-35-31-25-19-22(15-16-26(25)34-32(31)37(29)33)36-27-12-6-4-10-23(27)24-11-5-7-13-28(24)36/h1-19,34H. The van der Waals surface area contributed by atoms with Crippen molar-refractivity contribution < 1.29 is 4.42 Å².